The third-order valence-electron chi connectivity index (χ3n) is 2.77. The second-order valence-corrected chi connectivity index (χ2v) is 3.60. The second kappa shape index (κ2) is 3.35. The average Bonchev–Trinajstić information content (AvgIpc) is 2.63. The van der Waals surface area contributed by atoms with Crippen molar-refractivity contribution >= 4 is 5.57 Å². The molecule has 1 aliphatic carbocycles. The largest absolute Gasteiger partial charge is 0.326 e. The van der Waals surface area contributed by atoms with Gasteiger partial charge in [0.05, 0.1) is 0 Å². The predicted octanol–water partition coefficient (Wildman–Crippen LogP) is 2.15. The molecule has 2 rings (SSSR count). The summed E-state index contributed by atoms with van der Waals surface area (Å²) in [5.74, 6) is 0. The highest BCUT2D eigenvalue weighted by atomic mass is 14.5. The van der Waals surface area contributed by atoms with Gasteiger partial charge in [0, 0.05) is 6.54 Å². The number of rotatable bonds is 2. The summed E-state index contributed by atoms with van der Waals surface area (Å²) in [6.07, 6.45) is 3.70. The third kappa shape index (κ3) is 1.40. The Morgan fingerprint density at radius 2 is 2.23 bits per heavy atom. The Balaban J connectivity index is 2.47. The molecule has 0 amide bonds. The van der Waals surface area contributed by atoms with Crippen molar-refractivity contribution in [3.05, 3.63) is 41.5 Å². The molecule has 0 atom stereocenters. The molecule has 0 unspecified atom stereocenters. The lowest BCUT2D eigenvalue weighted by Crippen LogP contribution is -2.03. The van der Waals surface area contributed by atoms with Gasteiger partial charge in [-0.2, -0.15) is 0 Å². The van der Waals surface area contributed by atoms with E-state index in [0.29, 0.717) is 6.54 Å². The van der Waals surface area contributed by atoms with E-state index in [9.17, 15) is 0 Å². The third-order valence-corrected chi connectivity index (χ3v) is 2.77. The maximum atomic E-state index is 5.60. The van der Waals surface area contributed by atoms with E-state index in [4.69, 9.17) is 5.73 Å². The summed E-state index contributed by atoms with van der Waals surface area (Å²) in [4.78, 5) is 0. The van der Waals surface area contributed by atoms with Crippen molar-refractivity contribution in [1.29, 1.82) is 0 Å². The van der Waals surface area contributed by atoms with Crippen molar-refractivity contribution in [3.8, 4) is 0 Å². The first-order chi connectivity index (χ1) is 6.33. The Kier molecular flexibility index (Phi) is 2.19. The van der Waals surface area contributed by atoms with E-state index in [2.05, 4.69) is 24.8 Å². The molecule has 2 N–H and O–H groups in total. The number of hydrogen-bond acceptors (Lipinski definition) is 1. The van der Waals surface area contributed by atoms with Crippen LogP contribution in [0.5, 0.6) is 0 Å². The molecular formula is C12H15N. The molecule has 0 aromatic heterocycles. The summed E-state index contributed by atoms with van der Waals surface area (Å²) in [5, 5.41) is 0. The Bertz CT molecular complexity index is 339. The van der Waals surface area contributed by atoms with Crippen molar-refractivity contribution in [2.24, 2.45) is 5.73 Å². The minimum Gasteiger partial charge on any atom is -0.326 e. The minimum atomic E-state index is 0.566. The van der Waals surface area contributed by atoms with Crippen LogP contribution in [-0.4, -0.2) is 6.54 Å². The van der Waals surface area contributed by atoms with Gasteiger partial charge in [0.15, 0.2) is 0 Å². The van der Waals surface area contributed by atoms with E-state index in [1.54, 1.807) is 0 Å². The number of fused-ring (bicyclic) bond motifs is 1. The number of nitrogens with two attached hydrogens (primary N) is 1. The quantitative estimate of drug-likeness (QED) is 0.728. The van der Waals surface area contributed by atoms with Gasteiger partial charge in [-0.1, -0.05) is 24.8 Å². The summed E-state index contributed by atoms with van der Waals surface area (Å²) in [6, 6.07) is 6.47. The van der Waals surface area contributed by atoms with E-state index in [1.165, 1.54) is 36.0 Å². The molecule has 0 saturated heterocycles. The average molecular weight is 173 g/mol. The van der Waals surface area contributed by atoms with Crippen molar-refractivity contribution in [1.82, 2.24) is 0 Å². The summed E-state index contributed by atoms with van der Waals surface area (Å²) in [6.45, 7) is 4.56. The first kappa shape index (κ1) is 8.52. The summed E-state index contributed by atoms with van der Waals surface area (Å²) in [5.41, 5.74) is 10.9. The van der Waals surface area contributed by atoms with Crippen molar-refractivity contribution in [2.75, 3.05) is 6.54 Å². The lowest BCUT2D eigenvalue weighted by atomic mass is 9.98. The van der Waals surface area contributed by atoms with Gasteiger partial charge < -0.3 is 5.73 Å². The Labute approximate surface area is 79.3 Å². The van der Waals surface area contributed by atoms with Gasteiger partial charge in [0.2, 0.25) is 0 Å². The standard InChI is InChI=1S/C12H15N/c1-9(8-13)11-6-2-4-10-5-3-7-12(10)11/h2,4,6H,1,3,5,7-8,13H2. The molecule has 0 heterocycles. The molecular weight excluding hydrogens is 158 g/mol. The molecule has 0 radical (unpaired) electrons. The topological polar surface area (TPSA) is 26.0 Å². The molecule has 1 heteroatoms. The van der Waals surface area contributed by atoms with Crippen molar-refractivity contribution in [2.45, 2.75) is 19.3 Å². The summed E-state index contributed by atoms with van der Waals surface area (Å²) >= 11 is 0. The van der Waals surface area contributed by atoms with Crippen LogP contribution in [0.25, 0.3) is 5.57 Å². The minimum absolute atomic E-state index is 0.566. The Hall–Kier alpha value is -1.08. The monoisotopic (exact) mass is 173 g/mol. The highest BCUT2D eigenvalue weighted by Crippen LogP contribution is 2.28. The SMILES string of the molecule is C=C(CN)c1cccc2c1CCC2. The molecule has 0 spiro atoms. The van der Waals surface area contributed by atoms with Crippen LogP contribution in [0.3, 0.4) is 0 Å². The molecule has 1 aromatic rings. The Morgan fingerprint density at radius 1 is 1.38 bits per heavy atom. The summed E-state index contributed by atoms with van der Waals surface area (Å²) in [7, 11) is 0. The van der Waals surface area contributed by atoms with Crippen LogP contribution in [-0.2, 0) is 12.8 Å². The fraction of sp³-hybridized carbons (Fsp3) is 0.333. The fourth-order valence-corrected chi connectivity index (χ4v) is 2.06. The van der Waals surface area contributed by atoms with Crippen LogP contribution in [0.4, 0.5) is 0 Å². The number of aryl methyl sites for hydroxylation is 1. The molecule has 1 aliphatic rings. The molecule has 0 saturated carbocycles. The maximum Gasteiger partial charge on any atom is 0.0178 e. The van der Waals surface area contributed by atoms with Crippen LogP contribution in [0.15, 0.2) is 24.8 Å². The van der Waals surface area contributed by atoms with Gasteiger partial charge >= 0.3 is 0 Å². The first-order valence-corrected chi connectivity index (χ1v) is 4.82. The number of benzene rings is 1. The van der Waals surface area contributed by atoms with Crippen molar-refractivity contribution < 1.29 is 0 Å². The van der Waals surface area contributed by atoms with Crippen LogP contribution < -0.4 is 5.73 Å². The zero-order valence-corrected chi connectivity index (χ0v) is 7.84. The fourth-order valence-electron chi connectivity index (χ4n) is 2.06. The van der Waals surface area contributed by atoms with E-state index < -0.39 is 0 Å². The lowest BCUT2D eigenvalue weighted by Gasteiger charge is -2.08. The van der Waals surface area contributed by atoms with Gasteiger partial charge in [-0.25, -0.2) is 0 Å². The van der Waals surface area contributed by atoms with Crippen LogP contribution in [0.2, 0.25) is 0 Å². The molecule has 1 nitrogen and oxygen atoms in total. The molecule has 0 bridgehead atoms. The van der Waals surface area contributed by atoms with Gasteiger partial charge in [-0.15, -0.1) is 0 Å². The van der Waals surface area contributed by atoms with Gasteiger partial charge in [0.25, 0.3) is 0 Å². The van der Waals surface area contributed by atoms with E-state index in [-0.39, 0.29) is 0 Å². The maximum absolute atomic E-state index is 5.60. The van der Waals surface area contributed by atoms with Crippen molar-refractivity contribution in [3.63, 3.8) is 0 Å². The van der Waals surface area contributed by atoms with Gasteiger partial charge in [-0.05, 0) is 41.5 Å². The van der Waals surface area contributed by atoms with Crippen LogP contribution in [0.1, 0.15) is 23.1 Å². The van der Waals surface area contributed by atoms with Crippen LogP contribution >= 0.6 is 0 Å². The van der Waals surface area contributed by atoms with Crippen LogP contribution in [0, 0.1) is 0 Å². The zero-order chi connectivity index (χ0) is 9.26. The molecule has 0 aliphatic heterocycles. The van der Waals surface area contributed by atoms with E-state index in [0.717, 1.165) is 5.57 Å². The predicted molar refractivity (Wildman–Crippen MR) is 56.6 cm³/mol. The van der Waals surface area contributed by atoms with E-state index >= 15 is 0 Å². The molecule has 1 aromatic carbocycles. The summed E-state index contributed by atoms with van der Waals surface area (Å²) < 4.78 is 0. The zero-order valence-electron chi connectivity index (χ0n) is 7.84. The van der Waals surface area contributed by atoms with Gasteiger partial charge in [0.1, 0.15) is 0 Å². The Morgan fingerprint density at radius 3 is 3.00 bits per heavy atom. The van der Waals surface area contributed by atoms with Gasteiger partial charge in [-0.3, -0.25) is 0 Å². The first-order valence-electron chi connectivity index (χ1n) is 4.82. The highest BCUT2D eigenvalue weighted by Gasteiger charge is 2.14. The number of hydrogen-bond donors (Lipinski definition) is 1. The molecule has 0 fully saturated rings. The molecule has 68 valence electrons. The van der Waals surface area contributed by atoms with E-state index in [1.807, 2.05) is 0 Å². The molecule has 13 heavy (non-hydrogen) atoms. The normalized spacial score (nSPS) is 14.2. The lowest BCUT2D eigenvalue weighted by molar-refractivity contribution is 0.910. The second-order valence-electron chi connectivity index (χ2n) is 3.60. The highest BCUT2D eigenvalue weighted by molar-refractivity contribution is 5.69. The smallest absolute Gasteiger partial charge is 0.0178 e.